The van der Waals surface area contributed by atoms with Crippen LogP contribution in [0.4, 0.5) is 0 Å². The van der Waals surface area contributed by atoms with Gasteiger partial charge in [-0.05, 0) is 0 Å². The summed E-state index contributed by atoms with van der Waals surface area (Å²) in [5.74, 6) is 0. The molecular weight excluding hydrogens is 122 g/mol. The Bertz CT molecular complexity index is 143. The van der Waals surface area contributed by atoms with Crippen molar-refractivity contribution in [1.82, 2.24) is 0 Å². The molecule has 34 valence electrons. The van der Waals surface area contributed by atoms with Crippen molar-refractivity contribution >= 4 is 13.3 Å². The van der Waals surface area contributed by atoms with Gasteiger partial charge in [0.05, 0.1) is 0 Å². The van der Waals surface area contributed by atoms with E-state index < -0.39 is 0 Å². The van der Waals surface area contributed by atoms with Crippen molar-refractivity contribution in [2.45, 2.75) is 0 Å². The zero-order valence-electron chi connectivity index (χ0n) is 5.96. The Morgan fingerprint density at radius 3 is 1.88 bits per heavy atom. The van der Waals surface area contributed by atoms with Gasteiger partial charge in [0.1, 0.15) is 7.85 Å². The van der Waals surface area contributed by atoms with Crippen LogP contribution in [0, 0.1) is 0 Å². The summed E-state index contributed by atoms with van der Waals surface area (Å²) in [7, 11) is 5.36. The third kappa shape index (κ3) is 3.05. The first-order valence-corrected chi connectivity index (χ1v) is 2.20. The minimum atomic E-state index is 0. The first-order valence-electron chi connectivity index (χ1n) is 2.20. The molecule has 0 amide bonds. The SMILES string of the molecule is [B]c1ccccc1.[H-].[K+]. The Balaban J connectivity index is 0. The van der Waals surface area contributed by atoms with Crippen LogP contribution in [-0.4, -0.2) is 7.85 Å². The average molecular weight is 128 g/mol. The van der Waals surface area contributed by atoms with Crippen LogP contribution in [0.3, 0.4) is 0 Å². The zero-order chi connectivity index (χ0) is 5.11. The third-order valence-corrected chi connectivity index (χ3v) is 0.800. The second-order valence-electron chi connectivity index (χ2n) is 1.41. The Morgan fingerprint density at radius 2 is 1.62 bits per heavy atom. The Kier molecular flexibility index (Phi) is 5.32. The molecule has 0 unspecified atom stereocenters. The van der Waals surface area contributed by atoms with Gasteiger partial charge >= 0.3 is 51.4 Å². The maximum Gasteiger partial charge on any atom is 1.00 e. The maximum atomic E-state index is 5.36. The van der Waals surface area contributed by atoms with Crippen molar-refractivity contribution in [1.29, 1.82) is 0 Å². The summed E-state index contributed by atoms with van der Waals surface area (Å²) < 4.78 is 0. The van der Waals surface area contributed by atoms with Gasteiger partial charge in [-0.3, -0.25) is 0 Å². The van der Waals surface area contributed by atoms with E-state index in [1.165, 1.54) is 0 Å². The minimum Gasteiger partial charge on any atom is -1.00 e. The molecule has 1 rings (SSSR count). The molecule has 0 bridgehead atoms. The van der Waals surface area contributed by atoms with E-state index in [-0.39, 0.29) is 52.8 Å². The molecule has 0 fully saturated rings. The molecule has 0 aliphatic heterocycles. The summed E-state index contributed by atoms with van der Waals surface area (Å²) in [6, 6.07) is 9.49. The number of rotatable bonds is 0. The fourth-order valence-electron chi connectivity index (χ4n) is 0.453. The molecule has 0 aliphatic rings. The minimum absolute atomic E-state index is 0. The van der Waals surface area contributed by atoms with E-state index in [9.17, 15) is 0 Å². The Morgan fingerprint density at radius 1 is 1.12 bits per heavy atom. The van der Waals surface area contributed by atoms with E-state index in [2.05, 4.69) is 0 Å². The van der Waals surface area contributed by atoms with Gasteiger partial charge in [0.25, 0.3) is 0 Å². The number of hydrogen-bond acceptors (Lipinski definition) is 0. The standard InChI is InChI=1S/C6H5B.K.H/c7-6-4-2-1-3-5-6;;/h1-5H;;/q;+1;-1. The molecule has 2 radical (unpaired) electrons. The number of hydrogen-bond donors (Lipinski definition) is 0. The fraction of sp³-hybridized carbons (Fsp3) is 0. The van der Waals surface area contributed by atoms with Crippen LogP contribution in [0.25, 0.3) is 0 Å². The predicted octanol–water partition coefficient (Wildman–Crippen LogP) is -2.40. The fourth-order valence-corrected chi connectivity index (χ4v) is 0.453. The van der Waals surface area contributed by atoms with Gasteiger partial charge in [-0.25, -0.2) is 0 Å². The summed E-state index contributed by atoms with van der Waals surface area (Å²) in [6.07, 6.45) is 0. The van der Waals surface area contributed by atoms with E-state index in [4.69, 9.17) is 7.85 Å². The van der Waals surface area contributed by atoms with E-state index in [0.29, 0.717) is 0 Å². The van der Waals surface area contributed by atoms with Crippen LogP contribution in [0.2, 0.25) is 0 Å². The first kappa shape index (κ1) is 8.92. The van der Waals surface area contributed by atoms with Crippen LogP contribution >= 0.6 is 0 Å². The molecule has 0 saturated heterocycles. The van der Waals surface area contributed by atoms with Crippen molar-refractivity contribution in [3.05, 3.63) is 30.3 Å². The summed E-state index contributed by atoms with van der Waals surface area (Å²) in [4.78, 5) is 0. The topological polar surface area (TPSA) is 0 Å². The van der Waals surface area contributed by atoms with Crippen molar-refractivity contribution in [3.63, 3.8) is 0 Å². The van der Waals surface area contributed by atoms with Crippen molar-refractivity contribution < 1.29 is 52.8 Å². The van der Waals surface area contributed by atoms with Crippen LogP contribution in [0.15, 0.2) is 30.3 Å². The summed E-state index contributed by atoms with van der Waals surface area (Å²) in [6.45, 7) is 0. The van der Waals surface area contributed by atoms with Gasteiger partial charge in [-0.2, -0.15) is 0 Å². The molecule has 0 atom stereocenters. The Hall–Kier alpha value is 0.921. The van der Waals surface area contributed by atoms with Crippen LogP contribution < -0.4 is 56.8 Å². The van der Waals surface area contributed by atoms with Gasteiger partial charge < -0.3 is 1.43 Å². The summed E-state index contributed by atoms with van der Waals surface area (Å²) in [5, 5.41) is 0. The molecule has 0 nitrogen and oxygen atoms in total. The van der Waals surface area contributed by atoms with Gasteiger partial charge in [-0.15, -0.1) is 0 Å². The van der Waals surface area contributed by atoms with Gasteiger partial charge in [-0.1, -0.05) is 35.8 Å². The van der Waals surface area contributed by atoms with Crippen LogP contribution in [0.1, 0.15) is 1.43 Å². The third-order valence-electron chi connectivity index (χ3n) is 0.800. The molecule has 0 heterocycles. The molecule has 0 aliphatic carbocycles. The molecule has 0 N–H and O–H groups in total. The molecule has 1 aromatic rings. The molecule has 0 saturated carbocycles. The van der Waals surface area contributed by atoms with Gasteiger partial charge in [0, 0.05) is 0 Å². The smallest absolute Gasteiger partial charge is 1.00 e. The van der Waals surface area contributed by atoms with E-state index >= 15 is 0 Å². The molecule has 2 heteroatoms. The monoisotopic (exact) mass is 128 g/mol. The second kappa shape index (κ2) is 4.77. The van der Waals surface area contributed by atoms with Gasteiger partial charge in [0.15, 0.2) is 0 Å². The first-order chi connectivity index (χ1) is 3.39. The molecule has 0 spiro atoms. The van der Waals surface area contributed by atoms with Crippen molar-refractivity contribution in [2.75, 3.05) is 0 Å². The van der Waals surface area contributed by atoms with E-state index in [1.54, 1.807) is 0 Å². The van der Waals surface area contributed by atoms with Crippen molar-refractivity contribution in [2.24, 2.45) is 0 Å². The normalized spacial score (nSPS) is 7.50. The predicted molar refractivity (Wildman–Crippen MR) is 32.9 cm³/mol. The Labute approximate surface area is 95.0 Å². The molecule has 8 heavy (non-hydrogen) atoms. The van der Waals surface area contributed by atoms with E-state index in [1.807, 2.05) is 30.3 Å². The molecular formula is C6H6BK. The second-order valence-corrected chi connectivity index (χ2v) is 1.41. The quantitative estimate of drug-likeness (QED) is 0.341. The number of benzene rings is 1. The van der Waals surface area contributed by atoms with E-state index in [0.717, 1.165) is 5.46 Å². The summed E-state index contributed by atoms with van der Waals surface area (Å²) >= 11 is 0. The maximum absolute atomic E-state index is 5.36. The molecule has 0 aromatic heterocycles. The van der Waals surface area contributed by atoms with Crippen molar-refractivity contribution in [3.8, 4) is 0 Å². The zero-order valence-corrected chi connectivity index (χ0v) is 8.09. The van der Waals surface area contributed by atoms with Gasteiger partial charge in [0.2, 0.25) is 0 Å². The average Bonchev–Trinajstić information content (AvgIpc) is 1.69. The van der Waals surface area contributed by atoms with Crippen LogP contribution in [-0.2, 0) is 0 Å². The van der Waals surface area contributed by atoms with Crippen LogP contribution in [0.5, 0.6) is 0 Å². The molecule has 1 aromatic carbocycles. The largest absolute Gasteiger partial charge is 1.00 e. The summed E-state index contributed by atoms with van der Waals surface area (Å²) in [5.41, 5.74) is 0.822.